The fraction of sp³-hybridized carbons (Fsp3) is 0. The molecule has 4 heavy (non-hydrogen) atoms. The molecular weight excluding hydrogens is 221 g/mol. The van der Waals surface area contributed by atoms with E-state index in [1.165, 1.54) is 16.3 Å². The molecule has 0 radical (unpaired) electrons. The maximum atomic E-state index is 3.06. The van der Waals surface area contributed by atoms with Crippen molar-refractivity contribution in [2.45, 2.75) is 0 Å². The SMILES string of the molecule is Cl.[CaH2].[Zn][Br]. The molecule has 21 valence electrons. The molecule has 0 saturated carbocycles. The zero-order valence-corrected chi connectivity index (χ0v) is 6.86. The fourth-order valence-electron chi connectivity index (χ4n) is 0. The second-order valence-electron chi connectivity index (χ2n) is 0. The Hall–Kier alpha value is 2.65. The van der Waals surface area contributed by atoms with Crippen molar-refractivity contribution in [2.24, 2.45) is 0 Å². The molecule has 0 N–H and O–H groups in total. The standard InChI is InChI=1S/BrH.Ca.ClH.Zn.2H/h1H;;1H;;;/q;;;+1;;/p-1. The van der Waals surface area contributed by atoms with Gasteiger partial charge in [0.25, 0.3) is 0 Å². The van der Waals surface area contributed by atoms with Gasteiger partial charge in [-0.1, -0.05) is 0 Å². The molecule has 0 spiro atoms. The van der Waals surface area contributed by atoms with Gasteiger partial charge in [0.1, 0.15) is 0 Å². The molecule has 0 atom stereocenters. The molecule has 0 aromatic heterocycles. The Bertz CT molecular complexity index is 8.00. The van der Waals surface area contributed by atoms with Crippen molar-refractivity contribution in [1.29, 1.82) is 0 Å². The molecule has 0 fully saturated rings. The molecule has 0 unspecified atom stereocenters. The van der Waals surface area contributed by atoms with Crippen LogP contribution in [0, 0.1) is 0 Å². The molecule has 0 nitrogen and oxygen atoms in total. The van der Waals surface area contributed by atoms with E-state index in [1.807, 2.05) is 0 Å². The fourth-order valence-corrected chi connectivity index (χ4v) is 0. The number of hydrogen-bond acceptors (Lipinski definition) is 0. The first-order valence-corrected chi connectivity index (χ1v) is 7.22. The summed E-state index contributed by atoms with van der Waals surface area (Å²) in [5.41, 5.74) is 0. The van der Waals surface area contributed by atoms with Crippen molar-refractivity contribution in [1.82, 2.24) is 0 Å². The Morgan fingerprint density at radius 2 is 1.25 bits per heavy atom. The van der Waals surface area contributed by atoms with Crippen LogP contribution in [0.3, 0.4) is 0 Å². The second-order valence-corrected chi connectivity index (χ2v) is 0. The topological polar surface area (TPSA) is 0 Å². The van der Waals surface area contributed by atoms with Gasteiger partial charge in [0.05, 0.1) is 0 Å². The molecule has 0 aromatic carbocycles. The Morgan fingerprint density at radius 1 is 1.25 bits per heavy atom. The minimum atomic E-state index is 0. The minimum absolute atomic E-state index is 0. The van der Waals surface area contributed by atoms with E-state index in [0.717, 1.165) is 0 Å². The zero-order chi connectivity index (χ0) is 2.00. The Kier molecular flexibility index (Phi) is 69.3. The summed E-state index contributed by atoms with van der Waals surface area (Å²) in [5, 5.41) is 0. The summed E-state index contributed by atoms with van der Waals surface area (Å²) in [6.45, 7) is 0. The monoisotopic (exact) mass is 221 g/mol. The summed E-state index contributed by atoms with van der Waals surface area (Å²) in [6.07, 6.45) is 0. The van der Waals surface area contributed by atoms with E-state index < -0.39 is 0 Å². The van der Waals surface area contributed by atoms with Crippen molar-refractivity contribution in [3.63, 3.8) is 0 Å². The van der Waals surface area contributed by atoms with E-state index in [1.54, 1.807) is 0 Å². The third-order valence-corrected chi connectivity index (χ3v) is 0. The number of rotatable bonds is 0. The molecule has 0 aliphatic rings. The van der Waals surface area contributed by atoms with Crippen molar-refractivity contribution < 1.29 is 16.3 Å². The molecule has 0 bridgehead atoms. The Labute approximate surface area is 78.5 Å². The molecule has 0 rings (SSSR count). The normalized spacial score (nSPS) is 1.75. The van der Waals surface area contributed by atoms with Gasteiger partial charge in [-0.3, -0.25) is 0 Å². The van der Waals surface area contributed by atoms with Gasteiger partial charge in [-0.2, -0.15) is 0 Å². The van der Waals surface area contributed by atoms with Crippen LogP contribution in [-0.4, -0.2) is 37.7 Å². The van der Waals surface area contributed by atoms with Crippen LogP contribution in [-0.2, 0) is 16.3 Å². The quantitative estimate of drug-likeness (QED) is 0.520. The Balaban J connectivity index is -0.00000000500. The molecule has 0 saturated heterocycles. The summed E-state index contributed by atoms with van der Waals surface area (Å²) in [4.78, 5) is 0. The van der Waals surface area contributed by atoms with Crippen LogP contribution in [0.2, 0.25) is 0 Å². The van der Waals surface area contributed by atoms with Crippen LogP contribution in [0.5, 0.6) is 0 Å². The van der Waals surface area contributed by atoms with Gasteiger partial charge in [-0.25, -0.2) is 0 Å². The summed E-state index contributed by atoms with van der Waals surface area (Å²) in [5.74, 6) is 0. The van der Waals surface area contributed by atoms with Crippen LogP contribution in [0.15, 0.2) is 0 Å². The van der Waals surface area contributed by atoms with E-state index in [-0.39, 0.29) is 50.1 Å². The van der Waals surface area contributed by atoms with Gasteiger partial charge in [-0.05, 0) is 0 Å². The second kappa shape index (κ2) is 17.4. The van der Waals surface area contributed by atoms with Crippen molar-refractivity contribution in [3.8, 4) is 0 Å². The van der Waals surface area contributed by atoms with Crippen LogP contribution in [0.1, 0.15) is 0 Å². The third kappa shape index (κ3) is 8.82. The average molecular weight is 224 g/mol. The van der Waals surface area contributed by atoms with E-state index >= 15 is 0 Å². The molecular formula is H3BrCaClZn. The summed E-state index contributed by atoms with van der Waals surface area (Å²) >= 11 is 4.25. The molecule has 0 heterocycles. The molecule has 0 aliphatic heterocycles. The average Bonchev–Trinajstić information content (AvgIpc) is 1.00. The first-order chi connectivity index (χ1) is 1.00. The first-order valence-electron chi connectivity index (χ1n) is 0.267. The molecule has 4 heteroatoms. The molecule has 0 aliphatic carbocycles. The third-order valence-electron chi connectivity index (χ3n) is 0. The first kappa shape index (κ1) is 15.9. The number of hydrogen-bond donors (Lipinski definition) is 0. The van der Waals surface area contributed by atoms with E-state index in [2.05, 4.69) is 13.6 Å². The van der Waals surface area contributed by atoms with Crippen molar-refractivity contribution >= 4 is 63.8 Å². The molecule has 0 aromatic rings. The van der Waals surface area contributed by atoms with Crippen LogP contribution in [0.25, 0.3) is 0 Å². The number of halogens is 2. The van der Waals surface area contributed by atoms with Crippen molar-refractivity contribution in [2.75, 3.05) is 0 Å². The van der Waals surface area contributed by atoms with Gasteiger partial charge < -0.3 is 0 Å². The Morgan fingerprint density at radius 3 is 1.25 bits per heavy atom. The summed E-state index contributed by atoms with van der Waals surface area (Å²) < 4.78 is 0. The van der Waals surface area contributed by atoms with Gasteiger partial charge in [0.2, 0.25) is 0 Å². The van der Waals surface area contributed by atoms with Gasteiger partial charge in [0, 0.05) is 0 Å². The van der Waals surface area contributed by atoms with E-state index in [9.17, 15) is 0 Å². The predicted molar refractivity (Wildman–Crippen MR) is 24.7 cm³/mol. The van der Waals surface area contributed by atoms with Crippen molar-refractivity contribution in [3.05, 3.63) is 0 Å². The maximum absolute atomic E-state index is 3.06. The van der Waals surface area contributed by atoms with Crippen LogP contribution < -0.4 is 0 Å². The van der Waals surface area contributed by atoms with E-state index in [4.69, 9.17) is 0 Å². The zero-order valence-electron chi connectivity index (χ0n) is 1.49. The van der Waals surface area contributed by atoms with Crippen LogP contribution in [0.4, 0.5) is 0 Å². The molecule has 0 amide bonds. The van der Waals surface area contributed by atoms with E-state index in [0.29, 0.717) is 0 Å². The van der Waals surface area contributed by atoms with Gasteiger partial charge in [-0.15, -0.1) is 12.4 Å². The summed E-state index contributed by atoms with van der Waals surface area (Å²) in [7, 11) is 0. The van der Waals surface area contributed by atoms with Gasteiger partial charge in [0.15, 0.2) is 0 Å². The summed E-state index contributed by atoms with van der Waals surface area (Å²) in [6, 6.07) is 0. The predicted octanol–water partition coefficient (Wildman–Crippen LogP) is 0.349. The van der Waals surface area contributed by atoms with Gasteiger partial charge >= 0.3 is 67.7 Å². The van der Waals surface area contributed by atoms with Crippen LogP contribution >= 0.6 is 26.0 Å².